The highest BCUT2D eigenvalue weighted by Crippen LogP contribution is 2.21. The van der Waals surface area contributed by atoms with E-state index in [1.165, 1.54) is 0 Å². The number of benzene rings is 1. The fourth-order valence-corrected chi connectivity index (χ4v) is 2.78. The van der Waals surface area contributed by atoms with Crippen molar-refractivity contribution >= 4 is 5.82 Å². The second-order valence-corrected chi connectivity index (χ2v) is 6.33. The Hall–Kier alpha value is -3.54. The lowest BCUT2D eigenvalue weighted by Gasteiger charge is -2.11. The summed E-state index contributed by atoms with van der Waals surface area (Å²) >= 11 is 0. The van der Waals surface area contributed by atoms with Crippen molar-refractivity contribution in [1.82, 2.24) is 24.7 Å². The van der Waals surface area contributed by atoms with Crippen molar-refractivity contribution in [3.8, 4) is 17.1 Å². The molecule has 3 heterocycles. The number of pyridine rings is 1. The number of aryl methyl sites for hydroxylation is 1. The summed E-state index contributed by atoms with van der Waals surface area (Å²) in [5, 5.41) is 7.86. The standard InChI is InChI=1S/C21H20N6/c1-15-16(2)25-21(18-7-6-10-22-13-18)26-20(15)23-11-17-12-24-27(14-17)19-8-4-3-5-9-19/h3-10,12-14H,11H2,1-2H3,(H,23,25,26). The number of nitrogens with one attached hydrogen (secondary N) is 1. The van der Waals surface area contributed by atoms with E-state index in [0.717, 1.165) is 33.9 Å². The fraction of sp³-hybridized carbons (Fsp3) is 0.143. The maximum atomic E-state index is 4.69. The average Bonchev–Trinajstić information content (AvgIpc) is 3.19. The number of rotatable bonds is 5. The molecule has 0 saturated carbocycles. The van der Waals surface area contributed by atoms with E-state index in [4.69, 9.17) is 4.98 Å². The van der Waals surface area contributed by atoms with Crippen LogP contribution in [-0.4, -0.2) is 24.7 Å². The molecule has 0 aliphatic heterocycles. The minimum absolute atomic E-state index is 0.636. The van der Waals surface area contributed by atoms with Crippen molar-refractivity contribution in [3.05, 3.63) is 84.1 Å². The molecular formula is C21H20N6. The first-order valence-electron chi connectivity index (χ1n) is 8.79. The Balaban J connectivity index is 1.55. The van der Waals surface area contributed by atoms with Gasteiger partial charge in [-0.2, -0.15) is 5.10 Å². The van der Waals surface area contributed by atoms with Gasteiger partial charge in [0.2, 0.25) is 0 Å². The van der Waals surface area contributed by atoms with Crippen LogP contribution in [0.5, 0.6) is 0 Å². The monoisotopic (exact) mass is 356 g/mol. The van der Waals surface area contributed by atoms with E-state index in [1.54, 1.807) is 12.4 Å². The number of hydrogen-bond acceptors (Lipinski definition) is 5. The summed E-state index contributed by atoms with van der Waals surface area (Å²) in [6, 6.07) is 13.9. The topological polar surface area (TPSA) is 68.5 Å². The summed E-state index contributed by atoms with van der Waals surface area (Å²) in [5.74, 6) is 1.50. The third-order valence-electron chi connectivity index (χ3n) is 4.43. The molecule has 1 aromatic carbocycles. The molecule has 0 radical (unpaired) electrons. The van der Waals surface area contributed by atoms with E-state index >= 15 is 0 Å². The van der Waals surface area contributed by atoms with Crippen LogP contribution in [-0.2, 0) is 6.54 Å². The number of anilines is 1. The summed E-state index contributed by atoms with van der Waals surface area (Å²) in [4.78, 5) is 13.4. The molecule has 0 unspecified atom stereocenters. The van der Waals surface area contributed by atoms with Crippen LogP contribution in [0, 0.1) is 13.8 Å². The van der Waals surface area contributed by atoms with Gasteiger partial charge in [0.25, 0.3) is 0 Å². The van der Waals surface area contributed by atoms with Gasteiger partial charge >= 0.3 is 0 Å². The van der Waals surface area contributed by atoms with E-state index in [2.05, 4.69) is 20.4 Å². The molecule has 4 rings (SSSR count). The minimum atomic E-state index is 0.636. The fourth-order valence-electron chi connectivity index (χ4n) is 2.78. The molecule has 0 bridgehead atoms. The Bertz CT molecular complexity index is 1040. The molecule has 0 aliphatic carbocycles. The van der Waals surface area contributed by atoms with Gasteiger partial charge in [0.15, 0.2) is 5.82 Å². The van der Waals surface area contributed by atoms with Gasteiger partial charge in [0.05, 0.1) is 11.9 Å². The number of hydrogen-bond donors (Lipinski definition) is 1. The van der Waals surface area contributed by atoms with Crippen LogP contribution >= 0.6 is 0 Å². The smallest absolute Gasteiger partial charge is 0.163 e. The van der Waals surface area contributed by atoms with Crippen LogP contribution in [0.3, 0.4) is 0 Å². The molecule has 3 aromatic heterocycles. The largest absolute Gasteiger partial charge is 0.366 e. The van der Waals surface area contributed by atoms with Crippen LogP contribution in [0.1, 0.15) is 16.8 Å². The van der Waals surface area contributed by atoms with Gasteiger partial charge in [-0.25, -0.2) is 14.6 Å². The Kier molecular flexibility index (Phi) is 4.61. The van der Waals surface area contributed by atoms with Gasteiger partial charge in [-0.15, -0.1) is 0 Å². The first kappa shape index (κ1) is 16.9. The van der Waals surface area contributed by atoms with E-state index < -0.39 is 0 Å². The molecular weight excluding hydrogens is 336 g/mol. The van der Waals surface area contributed by atoms with Gasteiger partial charge < -0.3 is 5.32 Å². The summed E-state index contributed by atoms with van der Waals surface area (Å²) in [6.07, 6.45) is 7.41. The van der Waals surface area contributed by atoms with Gasteiger partial charge in [-0.1, -0.05) is 18.2 Å². The van der Waals surface area contributed by atoms with Crippen molar-refractivity contribution < 1.29 is 0 Å². The maximum Gasteiger partial charge on any atom is 0.163 e. The van der Waals surface area contributed by atoms with Crippen LogP contribution in [0.4, 0.5) is 5.82 Å². The second kappa shape index (κ2) is 7.37. The zero-order valence-electron chi connectivity index (χ0n) is 15.3. The highest BCUT2D eigenvalue weighted by atomic mass is 15.3. The van der Waals surface area contributed by atoms with E-state index in [0.29, 0.717) is 12.4 Å². The van der Waals surface area contributed by atoms with Crippen molar-refractivity contribution in [1.29, 1.82) is 0 Å². The molecule has 0 fully saturated rings. The van der Waals surface area contributed by atoms with Gasteiger partial charge in [-0.05, 0) is 38.1 Å². The Morgan fingerprint density at radius 3 is 2.59 bits per heavy atom. The third-order valence-corrected chi connectivity index (χ3v) is 4.43. The van der Waals surface area contributed by atoms with E-state index in [-0.39, 0.29) is 0 Å². The van der Waals surface area contributed by atoms with Crippen LogP contribution < -0.4 is 5.32 Å². The number of aromatic nitrogens is 5. The molecule has 6 nitrogen and oxygen atoms in total. The summed E-state index contributed by atoms with van der Waals surface area (Å²) in [5.41, 5.74) is 5.01. The van der Waals surface area contributed by atoms with Gasteiger partial charge in [0.1, 0.15) is 5.82 Å². The molecule has 0 aliphatic rings. The highest BCUT2D eigenvalue weighted by molar-refractivity contribution is 5.58. The van der Waals surface area contributed by atoms with Crippen LogP contribution in [0.2, 0.25) is 0 Å². The zero-order chi connectivity index (χ0) is 18.6. The van der Waals surface area contributed by atoms with Crippen LogP contribution in [0.15, 0.2) is 67.3 Å². The maximum absolute atomic E-state index is 4.69. The first-order valence-corrected chi connectivity index (χ1v) is 8.79. The van der Waals surface area contributed by atoms with Crippen molar-refractivity contribution in [2.75, 3.05) is 5.32 Å². The first-order chi connectivity index (χ1) is 13.2. The summed E-state index contributed by atoms with van der Waals surface area (Å²) < 4.78 is 1.87. The second-order valence-electron chi connectivity index (χ2n) is 6.33. The van der Waals surface area contributed by atoms with Crippen molar-refractivity contribution in [2.45, 2.75) is 20.4 Å². The average molecular weight is 356 g/mol. The minimum Gasteiger partial charge on any atom is -0.366 e. The number of nitrogens with zero attached hydrogens (tertiary/aromatic N) is 5. The summed E-state index contributed by atoms with van der Waals surface area (Å²) in [6.45, 7) is 4.66. The molecule has 1 N–H and O–H groups in total. The molecule has 0 atom stereocenters. The lowest BCUT2D eigenvalue weighted by atomic mass is 10.2. The molecule has 134 valence electrons. The number of para-hydroxylation sites is 1. The van der Waals surface area contributed by atoms with Crippen molar-refractivity contribution in [2.24, 2.45) is 0 Å². The molecule has 27 heavy (non-hydrogen) atoms. The Morgan fingerprint density at radius 1 is 0.963 bits per heavy atom. The molecule has 0 saturated heterocycles. The van der Waals surface area contributed by atoms with E-state index in [1.807, 2.05) is 73.4 Å². The predicted octanol–water partition coefficient (Wildman–Crippen LogP) is 3.95. The molecule has 0 spiro atoms. The van der Waals surface area contributed by atoms with E-state index in [9.17, 15) is 0 Å². The Morgan fingerprint density at radius 2 is 1.81 bits per heavy atom. The molecule has 0 amide bonds. The normalized spacial score (nSPS) is 10.7. The van der Waals surface area contributed by atoms with Gasteiger partial charge in [-0.3, -0.25) is 4.98 Å². The highest BCUT2D eigenvalue weighted by Gasteiger charge is 2.10. The SMILES string of the molecule is Cc1nc(-c2cccnc2)nc(NCc2cnn(-c3ccccc3)c2)c1C. The zero-order valence-corrected chi connectivity index (χ0v) is 15.3. The quantitative estimate of drug-likeness (QED) is 0.586. The molecule has 6 heteroatoms. The third kappa shape index (κ3) is 3.69. The Labute approximate surface area is 158 Å². The van der Waals surface area contributed by atoms with Crippen molar-refractivity contribution in [3.63, 3.8) is 0 Å². The predicted molar refractivity (Wildman–Crippen MR) is 106 cm³/mol. The van der Waals surface area contributed by atoms with Crippen LogP contribution in [0.25, 0.3) is 17.1 Å². The summed E-state index contributed by atoms with van der Waals surface area (Å²) in [7, 11) is 0. The lowest BCUT2D eigenvalue weighted by Crippen LogP contribution is -2.06. The molecule has 4 aromatic rings. The lowest BCUT2D eigenvalue weighted by molar-refractivity contribution is 0.880. The van der Waals surface area contributed by atoms with Gasteiger partial charge in [0, 0.05) is 47.5 Å².